The maximum absolute atomic E-state index is 12.4. The van der Waals surface area contributed by atoms with Gasteiger partial charge in [0.05, 0.1) is 18.6 Å². The van der Waals surface area contributed by atoms with E-state index in [-0.39, 0.29) is 18.1 Å². The Morgan fingerprint density at radius 2 is 2.06 bits per heavy atom. The van der Waals surface area contributed by atoms with Crippen molar-refractivity contribution in [3.05, 3.63) is 0 Å². The highest BCUT2D eigenvalue weighted by Crippen LogP contribution is 2.22. The van der Waals surface area contributed by atoms with Crippen LogP contribution in [0.15, 0.2) is 0 Å². The standard InChI is InChI=1S/C13H22N2O3/c16-13(10-3-4-14-8-10)15-5-7-18-12(9-15)11-2-1-6-17-11/h10-12,14H,1-9H2/t10-,11+,12+/m1/s1. The van der Waals surface area contributed by atoms with Crippen LogP contribution in [0, 0.1) is 5.92 Å². The minimum atomic E-state index is 0.0829. The average molecular weight is 254 g/mol. The summed E-state index contributed by atoms with van der Waals surface area (Å²) in [6.45, 7) is 4.73. The number of carbonyl (C=O) groups is 1. The van der Waals surface area contributed by atoms with Gasteiger partial charge in [0.2, 0.25) is 5.91 Å². The highest BCUT2D eigenvalue weighted by molar-refractivity contribution is 5.79. The van der Waals surface area contributed by atoms with E-state index in [2.05, 4.69) is 5.32 Å². The predicted molar refractivity (Wildman–Crippen MR) is 66.3 cm³/mol. The molecule has 0 aromatic heterocycles. The third-order valence-electron chi connectivity index (χ3n) is 4.19. The molecular weight excluding hydrogens is 232 g/mol. The van der Waals surface area contributed by atoms with Crippen molar-refractivity contribution in [2.45, 2.75) is 31.5 Å². The van der Waals surface area contributed by atoms with Crippen LogP contribution in [-0.4, -0.2) is 62.4 Å². The summed E-state index contributed by atoms with van der Waals surface area (Å²) < 4.78 is 11.4. The number of amides is 1. The van der Waals surface area contributed by atoms with E-state index in [0.717, 1.165) is 45.5 Å². The molecule has 5 heteroatoms. The van der Waals surface area contributed by atoms with Gasteiger partial charge in [-0.2, -0.15) is 0 Å². The molecule has 0 saturated carbocycles. The average Bonchev–Trinajstić information content (AvgIpc) is 3.11. The summed E-state index contributed by atoms with van der Waals surface area (Å²) in [5, 5.41) is 3.26. The molecule has 0 radical (unpaired) electrons. The first-order valence-corrected chi connectivity index (χ1v) is 7.07. The molecule has 1 amide bonds. The Morgan fingerprint density at radius 1 is 1.17 bits per heavy atom. The Balaban J connectivity index is 1.57. The lowest BCUT2D eigenvalue weighted by Crippen LogP contribution is -2.51. The lowest BCUT2D eigenvalue weighted by molar-refractivity contribution is -0.148. The molecule has 3 fully saturated rings. The minimum Gasteiger partial charge on any atom is -0.375 e. The molecule has 1 N–H and O–H groups in total. The molecule has 0 spiro atoms. The van der Waals surface area contributed by atoms with Crippen LogP contribution in [-0.2, 0) is 14.3 Å². The number of hydrogen-bond donors (Lipinski definition) is 1. The SMILES string of the molecule is O=C([C@@H]1CCNC1)N1CCO[C@H]([C@@H]2CCCO2)C1. The van der Waals surface area contributed by atoms with Crippen molar-refractivity contribution in [2.75, 3.05) is 39.4 Å². The largest absolute Gasteiger partial charge is 0.375 e. The van der Waals surface area contributed by atoms with Crippen molar-refractivity contribution in [1.29, 1.82) is 0 Å². The highest BCUT2D eigenvalue weighted by Gasteiger charge is 2.35. The first-order chi connectivity index (χ1) is 8.84. The van der Waals surface area contributed by atoms with Crippen LogP contribution >= 0.6 is 0 Å². The Kier molecular flexibility index (Phi) is 3.82. The molecule has 3 aliphatic heterocycles. The van der Waals surface area contributed by atoms with Gasteiger partial charge in [-0.05, 0) is 25.8 Å². The maximum Gasteiger partial charge on any atom is 0.227 e. The Hall–Kier alpha value is -0.650. The molecule has 0 unspecified atom stereocenters. The topological polar surface area (TPSA) is 50.8 Å². The highest BCUT2D eigenvalue weighted by atomic mass is 16.5. The molecule has 3 heterocycles. The molecule has 102 valence electrons. The summed E-state index contributed by atoms with van der Waals surface area (Å²) in [6, 6.07) is 0. The zero-order valence-corrected chi connectivity index (χ0v) is 10.8. The number of hydrogen-bond acceptors (Lipinski definition) is 4. The van der Waals surface area contributed by atoms with Crippen LogP contribution < -0.4 is 5.32 Å². The van der Waals surface area contributed by atoms with Crippen LogP contribution in [0.2, 0.25) is 0 Å². The van der Waals surface area contributed by atoms with E-state index in [4.69, 9.17) is 9.47 Å². The van der Waals surface area contributed by atoms with Crippen LogP contribution in [0.25, 0.3) is 0 Å². The Morgan fingerprint density at radius 3 is 2.78 bits per heavy atom. The molecule has 0 bridgehead atoms. The van der Waals surface area contributed by atoms with E-state index in [1.165, 1.54) is 0 Å². The van der Waals surface area contributed by atoms with Crippen molar-refractivity contribution in [1.82, 2.24) is 10.2 Å². The monoisotopic (exact) mass is 254 g/mol. The fourth-order valence-electron chi connectivity index (χ4n) is 3.12. The minimum absolute atomic E-state index is 0.0829. The zero-order valence-electron chi connectivity index (χ0n) is 10.8. The summed E-state index contributed by atoms with van der Waals surface area (Å²) in [4.78, 5) is 14.3. The molecule has 0 aliphatic carbocycles. The molecule has 5 nitrogen and oxygen atoms in total. The van der Waals surface area contributed by atoms with Crippen LogP contribution in [0.4, 0.5) is 0 Å². The van der Waals surface area contributed by atoms with Gasteiger partial charge in [-0.1, -0.05) is 0 Å². The van der Waals surface area contributed by atoms with Crippen LogP contribution in [0.3, 0.4) is 0 Å². The molecular formula is C13H22N2O3. The second kappa shape index (κ2) is 5.55. The van der Waals surface area contributed by atoms with E-state index in [1.54, 1.807) is 0 Å². The fraction of sp³-hybridized carbons (Fsp3) is 0.923. The summed E-state index contributed by atoms with van der Waals surface area (Å²) in [6.07, 6.45) is 3.44. The van der Waals surface area contributed by atoms with Gasteiger partial charge >= 0.3 is 0 Å². The van der Waals surface area contributed by atoms with Crippen LogP contribution in [0.1, 0.15) is 19.3 Å². The maximum atomic E-state index is 12.4. The summed E-state index contributed by atoms with van der Waals surface area (Å²) >= 11 is 0. The van der Waals surface area contributed by atoms with Gasteiger partial charge < -0.3 is 19.7 Å². The van der Waals surface area contributed by atoms with Gasteiger partial charge in [-0.3, -0.25) is 4.79 Å². The molecule has 0 aromatic rings. The Bertz CT molecular complexity index is 299. The van der Waals surface area contributed by atoms with Crippen LogP contribution in [0.5, 0.6) is 0 Å². The summed E-state index contributed by atoms with van der Waals surface area (Å²) in [5.74, 6) is 0.472. The second-order valence-electron chi connectivity index (χ2n) is 5.43. The number of ether oxygens (including phenoxy) is 2. The second-order valence-corrected chi connectivity index (χ2v) is 5.43. The molecule has 18 heavy (non-hydrogen) atoms. The molecule has 3 rings (SSSR count). The quantitative estimate of drug-likeness (QED) is 0.754. The van der Waals surface area contributed by atoms with Gasteiger partial charge in [0, 0.05) is 26.2 Å². The number of nitrogens with one attached hydrogen (secondary N) is 1. The van der Waals surface area contributed by atoms with Crippen molar-refractivity contribution in [3.63, 3.8) is 0 Å². The van der Waals surface area contributed by atoms with E-state index < -0.39 is 0 Å². The number of nitrogens with zero attached hydrogens (tertiary/aromatic N) is 1. The lowest BCUT2D eigenvalue weighted by atomic mass is 10.0. The molecule has 3 saturated heterocycles. The van der Waals surface area contributed by atoms with Crippen molar-refractivity contribution < 1.29 is 14.3 Å². The van der Waals surface area contributed by atoms with Gasteiger partial charge in [0.1, 0.15) is 6.10 Å². The van der Waals surface area contributed by atoms with Gasteiger partial charge in [0.25, 0.3) is 0 Å². The first kappa shape index (κ1) is 12.4. The van der Waals surface area contributed by atoms with E-state index in [9.17, 15) is 4.79 Å². The molecule has 0 aromatic carbocycles. The third-order valence-corrected chi connectivity index (χ3v) is 4.19. The van der Waals surface area contributed by atoms with Crippen molar-refractivity contribution in [2.24, 2.45) is 5.92 Å². The Labute approximate surface area is 108 Å². The first-order valence-electron chi connectivity index (χ1n) is 7.07. The zero-order chi connectivity index (χ0) is 12.4. The van der Waals surface area contributed by atoms with Gasteiger partial charge in [0.15, 0.2) is 0 Å². The number of rotatable bonds is 2. The van der Waals surface area contributed by atoms with E-state index >= 15 is 0 Å². The predicted octanol–water partition coefficient (Wildman–Crippen LogP) is 0.00230. The van der Waals surface area contributed by atoms with Gasteiger partial charge in [-0.15, -0.1) is 0 Å². The number of morpholine rings is 1. The molecule has 3 atom stereocenters. The summed E-state index contributed by atoms with van der Waals surface area (Å²) in [5.41, 5.74) is 0. The third kappa shape index (κ3) is 2.53. The normalized spacial score (nSPS) is 37.1. The van der Waals surface area contributed by atoms with E-state index in [1.807, 2.05) is 4.90 Å². The van der Waals surface area contributed by atoms with Crippen molar-refractivity contribution >= 4 is 5.91 Å². The number of carbonyl (C=O) groups excluding carboxylic acids is 1. The molecule has 3 aliphatic rings. The van der Waals surface area contributed by atoms with E-state index in [0.29, 0.717) is 19.1 Å². The van der Waals surface area contributed by atoms with Gasteiger partial charge in [-0.25, -0.2) is 0 Å². The lowest BCUT2D eigenvalue weighted by Gasteiger charge is -2.36. The fourth-order valence-corrected chi connectivity index (χ4v) is 3.12. The van der Waals surface area contributed by atoms with Crippen molar-refractivity contribution in [3.8, 4) is 0 Å². The summed E-state index contributed by atoms with van der Waals surface area (Å²) in [7, 11) is 0. The smallest absolute Gasteiger partial charge is 0.227 e.